The van der Waals surface area contributed by atoms with Crippen molar-refractivity contribution >= 4 is 21.8 Å². The Morgan fingerprint density at radius 1 is 1.40 bits per heavy atom. The van der Waals surface area contributed by atoms with Gasteiger partial charge in [-0.1, -0.05) is 29.8 Å². The average Bonchev–Trinajstić information content (AvgIpc) is 2.42. The molecule has 3 N–H and O–H groups in total. The van der Waals surface area contributed by atoms with Gasteiger partial charge in [0.1, 0.15) is 5.75 Å². The molecule has 0 heterocycles. The molecule has 0 aliphatic carbocycles. The number of ether oxygens (including phenoxy) is 1. The second-order valence-electron chi connectivity index (χ2n) is 4.78. The maximum Gasteiger partial charge on any atom is 0.258 e. The van der Waals surface area contributed by atoms with Crippen LogP contribution in [0.5, 0.6) is 5.75 Å². The molecule has 1 rings (SSSR count). The number of carbonyl (C=O) groups is 1. The zero-order chi connectivity index (χ0) is 15.1. The van der Waals surface area contributed by atoms with Gasteiger partial charge >= 0.3 is 0 Å². The summed E-state index contributed by atoms with van der Waals surface area (Å²) in [6, 6.07) is 4.08. The van der Waals surface area contributed by atoms with Gasteiger partial charge in [0.05, 0.1) is 0 Å². The Kier molecular flexibility index (Phi) is 7.02. The first kappa shape index (κ1) is 17.0. The van der Waals surface area contributed by atoms with Gasteiger partial charge in [0.25, 0.3) is 5.91 Å². The SMILES string of the molecule is CCC(CC)NC(=O)COc1c(C)cc(Br)cc1CN. The van der Waals surface area contributed by atoms with Crippen molar-refractivity contribution in [3.63, 3.8) is 0 Å². The van der Waals surface area contributed by atoms with Crippen molar-refractivity contribution < 1.29 is 9.53 Å². The predicted molar refractivity (Wildman–Crippen MR) is 84.8 cm³/mol. The van der Waals surface area contributed by atoms with E-state index in [2.05, 4.69) is 35.1 Å². The molecule has 4 nitrogen and oxygen atoms in total. The predicted octanol–water partition coefficient (Wildman–Crippen LogP) is 2.90. The van der Waals surface area contributed by atoms with Crippen molar-refractivity contribution in [2.75, 3.05) is 6.61 Å². The van der Waals surface area contributed by atoms with Gasteiger partial charge in [-0.15, -0.1) is 0 Å². The Morgan fingerprint density at radius 2 is 2.05 bits per heavy atom. The lowest BCUT2D eigenvalue weighted by molar-refractivity contribution is -0.123. The van der Waals surface area contributed by atoms with Crippen LogP contribution in [0.25, 0.3) is 0 Å². The van der Waals surface area contributed by atoms with E-state index in [0.29, 0.717) is 12.3 Å². The topological polar surface area (TPSA) is 64.3 Å². The Morgan fingerprint density at radius 3 is 2.60 bits per heavy atom. The van der Waals surface area contributed by atoms with Crippen LogP contribution in [0.15, 0.2) is 16.6 Å². The fourth-order valence-corrected chi connectivity index (χ4v) is 2.68. The molecule has 0 aromatic heterocycles. The zero-order valence-corrected chi connectivity index (χ0v) is 13.9. The Balaban J connectivity index is 2.68. The van der Waals surface area contributed by atoms with E-state index in [1.54, 1.807) is 0 Å². The first-order chi connectivity index (χ1) is 9.51. The quantitative estimate of drug-likeness (QED) is 0.800. The van der Waals surface area contributed by atoms with Crippen LogP contribution >= 0.6 is 15.9 Å². The molecule has 5 heteroatoms. The second-order valence-corrected chi connectivity index (χ2v) is 5.70. The van der Waals surface area contributed by atoms with Gasteiger partial charge in [0.2, 0.25) is 0 Å². The van der Waals surface area contributed by atoms with E-state index in [1.807, 2.05) is 19.1 Å². The van der Waals surface area contributed by atoms with Crippen LogP contribution in [0.2, 0.25) is 0 Å². The molecule has 112 valence electrons. The van der Waals surface area contributed by atoms with Crippen molar-refractivity contribution in [3.8, 4) is 5.75 Å². The van der Waals surface area contributed by atoms with Gasteiger partial charge in [-0.3, -0.25) is 4.79 Å². The van der Waals surface area contributed by atoms with Crippen molar-refractivity contribution in [1.29, 1.82) is 0 Å². The fourth-order valence-electron chi connectivity index (χ4n) is 2.06. The van der Waals surface area contributed by atoms with Crippen molar-refractivity contribution in [1.82, 2.24) is 5.32 Å². The first-order valence-electron chi connectivity index (χ1n) is 6.93. The van der Waals surface area contributed by atoms with Crippen LogP contribution in [0, 0.1) is 6.92 Å². The highest BCUT2D eigenvalue weighted by molar-refractivity contribution is 9.10. The van der Waals surface area contributed by atoms with Gasteiger partial charge in [-0.2, -0.15) is 0 Å². The van der Waals surface area contributed by atoms with Gasteiger partial charge in [-0.05, 0) is 37.5 Å². The van der Waals surface area contributed by atoms with Crippen LogP contribution in [0.4, 0.5) is 0 Å². The number of nitrogens with one attached hydrogen (secondary N) is 1. The number of halogens is 1. The summed E-state index contributed by atoms with van der Waals surface area (Å²) in [5, 5.41) is 2.95. The summed E-state index contributed by atoms with van der Waals surface area (Å²) in [5.74, 6) is 0.611. The highest BCUT2D eigenvalue weighted by Crippen LogP contribution is 2.27. The molecule has 0 saturated heterocycles. The Hall–Kier alpha value is -1.07. The van der Waals surface area contributed by atoms with Crippen molar-refractivity contribution in [2.45, 2.75) is 46.2 Å². The van der Waals surface area contributed by atoms with E-state index in [9.17, 15) is 4.79 Å². The monoisotopic (exact) mass is 342 g/mol. The molecule has 0 spiro atoms. The summed E-state index contributed by atoms with van der Waals surface area (Å²) in [5.41, 5.74) is 7.58. The average molecular weight is 343 g/mol. The molecule has 1 amide bonds. The molecule has 0 unspecified atom stereocenters. The number of hydrogen-bond donors (Lipinski definition) is 2. The van der Waals surface area contributed by atoms with Crippen LogP contribution in [0.1, 0.15) is 37.8 Å². The van der Waals surface area contributed by atoms with E-state index in [1.165, 1.54) is 0 Å². The molecule has 0 aliphatic heterocycles. The third kappa shape index (κ3) is 4.80. The lowest BCUT2D eigenvalue weighted by atomic mass is 10.1. The highest BCUT2D eigenvalue weighted by Gasteiger charge is 2.12. The van der Waals surface area contributed by atoms with Gasteiger partial charge in [-0.25, -0.2) is 0 Å². The van der Waals surface area contributed by atoms with Crippen molar-refractivity contribution in [3.05, 3.63) is 27.7 Å². The minimum absolute atomic E-state index is 0.0198. The maximum absolute atomic E-state index is 11.8. The number of hydrogen-bond acceptors (Lipinski definition) is 3. The van der Waals surface area contributed by atoms with Crippen molar-refractivity contribution in [2.24, 2.45) is 5.73 Å². The third-order valence-electron chi connectivity index (χ3n) is 3.23. The van der Waals surface area contributed by atoms with E-state index in [-0.39, 0.29) is 18.6 Å². The van der Waals surface area contributed by atoms with Gasteiger partial charge in [0, 0.05) is 22.6 Å². The number of nitrogens with two attached hydrogens (primary N) is 1. The van der Waals surface area contributed by atoms with Gasteiger partial charge in [0.15, 0.2) is 6.61 Å². The van der Waals surface area contributed by atoms with E-state index < -0.39 is 0 Å². The number of aryl methyl sites for hydroxylation is 1. The highest BCUT2D eigenvalue weighted by atomic mass is 79.9. The largest absolute Gasteiger partial charge is 0.483 e. The Labute approximate surface area is 129 Å². The lowest BCUT2D eigenvalue weighted by Crippen LogP contribution is -2.37. The van der Waals surface area contributed by atoms with E-state index in [0.717, 1.165) is 28.4 Å². The molecule has 0 bridgehead atoms. The molecule has 1 aromatic rings. The molecular formula is C15H23BrN2O2. The number of carbonyl (C=O) groups excluding carboxylic acids is 1. The summed E-state index contributed by atoms with van der Waals surface area (Å²) in [7, 11) is 0. The van der Waals surface area contributed by atoms with E-state index >= 15 is 0 Å². The fraction of sp³-hybridized carbons (Fsp3) is 0.533. The lowest BCUT2D eigenvalue weighted by Gasteiger charge is -2.17. The maximum atomic E-state index is 11.8. The molecule has 0 radical (unpaired) electrons. The van der Waals surface area contributed by atoms with E-state index in [4.69, 9.17) is 10.5 Å². The third-order valence-corrected chi connectivity index (χ3v) is 3.69. The Bertz CT molecular complexity index is 459. The number of amides is 1. The summed E-state index contributed by atoms with van der Waals surface area (Å²) < 4.78 is 6.61. The zero-order valence-electron chi connectivity index (χ0n) is 12.3. The second kappa shape index (κ2) is 8.27. The van der Waals surface area contributed by atoms with Crippen LogP contribution < -0.4 is 15.8 Å². The van der Waals surface area contributed by atoms with Crippen LogP contribution in [-0.4, -0.2) is 18.6 Å². The minimum Gasteiger partial charge on any atom is -0.483 e. The molecule has 20 heavy (non-hydrogen) atoms. The molecule has 0 saturated carbocycles. The normalized spacial score (nSPS) is 10.7. The molecule has 1 aromatic carbocycles. The number of benzene rings is 1. The molecule has 0 fully saturated rings. The molecule has 0 atom stereocenters. The molecular weight excluding hydrogens is 320 g/mol. The standard InChI is InChI=1S/C15H23BrN2O2/c1-4-13(5-2)18-14(19)9-20-15-10(3)6-12(16)7-11(15)8-17/h6-7,13H,4-5,8-9,17H2,1-3H3,(H,18,19). The summed E-state index contributed by atoms with van der Waals surface area (Å²) in [4.78, 5) is 11.8. The summed E-state index contributed by atoms with van der Waals surface area (Å²) >= 11 is 3.43. The number of rotatable bonds is 7. The summed E-state index contributed by atoms with van der Waals surface area (Å²) in [6.45, 7) is 6.45. The minimum atomic E-state index is -0.0935. The van der Waals surface area contributed by atoms with Gasteiger partial charge < -0.3 is 15.8 Å². The molecule has 0 aliphatic rings. The van der Waals surface area contributed by atoms with Crippen LogP contribution in [0.3, 0.4) is 0 Å². The smallest absolute Gasteiger partial charge is 0.258 e. The van der Waals surface area contributed by atoms with Crippen LogP contribution in [-0.2, 0) is 11.3 Å². The first-order valence-corrected chi connectivity index (χ1v) is 7.72. The summed E-state index contributed by atoms with van der Waals surface area (Å²) in [6.07, 6.45) is 1.85.